The molecule has 46 nitrogen and oxygen atoms in total. The van der Waals surface area contributed by atoms with E-state index in [1.165, 1.54) is 6.92 Å². The van der Waals surface area contributed by atoms with E-state index in [0.29, 0.717) is 19.9 Å². The van der Waals surface area contributed by atoms with Gasteiger partial charge in [-0.1, -0.05) is 0 Å². The van der Waals surface area contributed by atoms with E-state index in [0.717, 1.165) is 48.5 Å². The van der Waals surface area contributed by atoms with Crippen molar-refractivity contribution in [1.82, 2.24) is 10.6 Å². The molecule has 0 aliphatic carbocycles. The standard InChI is InChI=1S/C20H29NO13.C16H20O11.C10H18N2O8.C8H14O8.C4H9NO2.I3.Na/c1-6-29-14(26)7-21-20(28)19(33-12(5)25)18-15(27)17(32-11(4)24)16(31-10(3)23)13(34-18)8-30-9(2)22;1-6(17)22-5-10-11(23-7(2)18)12(24-8(3)19)13-14(26-10)15(16(21)27-13)25-9(4)20;11-4(14)1-12-10(19)8(18)9-7(17)6(16)5(15)3(2-13)20-9;9-1-2-3(10)4(11)5(12)7(16-2)6(13)8(14)15;1-2-7-4(6)3-5;1-3-2;/h13,15-19,27H,6-8H2,1-5H3,(H,21,28);10-15H,5H2,1-4H3;3,5-9,13,15-18H,1-2H2,(H2,11,14)(H,12,19);2-7,9-13H,1H2,(H,14,15);2-3,5H2,1H3;;/q;;;;;-1;+1/p-1/t13-,15-,16-,17-,18?,19?;10-,11-,12+,13-,14?,15?;3-,5-,6+,7-,8?,9?;2-,3-,4+,5-,6?,7?;;;/m1111.../s1. The maximum absolute atomic E-state index is 12.7. The molecular weight excluding hydrogens is 1830 g/mol. The zero-order valence-corrected chi connectivity index (χ0v) is 68.1. The summed E-state index contributed by atoms with van der Waals surface area (Å²) in [6.07, 6.45) is -36.9. The summed E-state index contributed by atoms with van der Waals surface area (Å²) in [4.78, 5) is 171. The van der Waals surface area contributed by atoms with Crippen molar-refractivity contribution in [2.75, 3.05) is 59.3 Å². The number of aliphatic hydroxyl groups is 11. The Labute approximate surface area is 665 Å². The van der Waals surface area contributed by atoms with E-state index in [9.17, 15) is 118 Å². The molecule has 8 unspecified atom stereocenters. The SMILES string of the molecule is CC(=O)OC[C@H]1OC2C(OC(C)=O)C(=O)O[C@@H]2[C@@H](OC(C)=O)[C@@H]1OC(C)=O.CCOC(=O)CN.CCOC(=O)CNC(=O)C(OC(C)=O)C1O[C@H](COC(C)=O)[C@@H](OC(C)=O)[C@H](OC(C)=O)[C@H]1O.I[I-]I.NC(=O)CNC(=O)C(O)C1O[C@H](CO)[C@@H](O)[C@H](O)[C@H]1O.O=C([O-])C(O)C1O[C@H](CO)[C@@H](O)[C@H](O)[C@H]1O.[Na+]. The molecule has 5 aliphatic rings. The molecule has 5 saturated heterocycles. The number of carbonyl (C=O) groups excluding carboxylic acids is 15. The van der Waals surface area contributed by atoms with Crippen LogP contribution in [0.4, 0.5) is 0 Å². The van der Waals surface area contributed by atoms with Gasteiger partial charge in [0.05, 0.1) is 45.5 Å². The Hall–Kier alpha value is -5.40. The molecule has 0 aromatic rings. The van der Waals surface area contributed by atoms with Gasteiger partial charge in [-0.25, -0.2) is 4.79 Å². The molecule has 5 fully saturated rings. The molecule has 0 spiro atoms. The van der Waals surface area contributed by atoms with Crippen LogP contribution >= 0.6 is 37.2 Å². The normalized spacial score (nSPS) is 29.2. The number of nitrogens with two attached hydrogens (primary N) is 2. The summed E-state index contributed by atoms with van der Waals surface area (Å²) in [5.41, 5.74) is 9.69. The summed E-state index contributed by atoms with van der Waals surface area (Å²) in [5.74, 6) is -13.0. The molecule has 0 aromatic carbocycles. The molecule has 17 N–H and O–H groups in total. The summed E-state index contributed by atoms with van der Waals surface area (Å²) >= 11 is 5.30. The minimum absolute atomic E-state index is 0. The van der Waals surface area contributed by atoms with E-state index in [1.807, 2.05) is 5.32 Å². The van der Waals surface area contributed by atoms with Crippen molar-refractivity contribution >= 4 is 127 Å². The first kappa shape index (κ1) is 105. The van der Waals surface area contributed by atoms with Gasteiger partial charge in [-0.15, -0.1) is 0 Å². The summed E-state index contributed by atoms with van der Waals surface area (Å²) in [6, 6.07) is 0. The van der Waals surface area contributed by atoms with Gasteiger partial charge in [-0.05, 0) is 13.8 Å². The minimum Gasteiger partial charge on any atom is -0.547 e. The third kappa shape index (κ3) is 36.0. The summed E-state index contributed by atoms with van der Waals surface area (Å²) in [7, 11) is 0. The van der Waals surface area contributed by atoms with Crippen molar-refractivity contribution < 1.29 is 247 Å². The van der Waals surface area contributed by atoms with Crippen molar-refractivity contribution in [3.63, 3.8) is 0 Å². The van der Waals surface area contributed by atoms with Gasteiger partial charge in [0.15, 0.2) is 36.6 Å². The second kappa shape index (κ2) is 53.5. The topological polar surface area (TPSA) is 716 Å². The van der Waals surface area contributed by atoms with Gasteiger partial charge < -0.3 is 159 Å². The molecular formula is C58H89I3N4NaO42-. The quantitative estimate of drug-likeness (QED) is 0.0175. The number of hydrogen-bond donors (Lipinski definition) is 15. The van der Waals surface area contributed by atoms with E-state index in [1.54, 1.807) is 13.8 Å². The molecule has 0 bridgehead atoms. The van der Waals surface area contributed by atoms with Crippen molar-refractivity contribution in [2.24, 2.45) is 11.5 Å². The Bertz CT molecular complexity index is 2950. The molecule has 5 aliphatic heterocycles. The van der Waals surface area contributed by atoms with Crippen LogP contribution in [0.25, 0.3) is 0 Å². The van der Waals surface area contributed by atoms with Crippen molar-refractivity contribution in [3.05, 3.63) is 0 Å². The Morgan fingerprint density at radius 3 is 1.26 bits per heavy atom. The van der Waals surface area contributed by atoms with Crippen LogP contribution in [0.1, 0.15) is 69.2 Å². The molecule has 0 saturated carbocycles. The molecule has 3 amide bonds. The van der Waals surface area contributed by atoms with Crippen molar-refractivity contribution in [2.45, 2.75) is 216 Å². The molecule has 108 heavy (non-hydrogen) atoms. The molecule has 50 heteroatoms. The Balaban J connectivity index is 0. The maximum atomic E-state index is 12.7. The average molecular weight is 1920 g/mol. The molecule has 5 heterocycles. The van der Waals surface area contributed by atoms with Gasteiger partial charge >= 0.3 is 146 Å². The fraction of sp³-hybridized carbons (Fsp3) is 0.741. The average Bonchev–Trinajstić information content (AvgIpc) is 1.64. The number of hydrogen-bond acceptors (Lipinski definition) is 43. The van der Waals surface area contributed by atoms with Crippen LogP contribution < -0.4 is 70.0 Å². The number of carboxylic acids is 1. The van der Waals surface area contributed by atoms with E-state index in [2.05, 4.69) is 47.3 Å². The molecule has 5 rings (SSSR count). The number of carbonyl (C=O) groups is 15. The van der Waals surface area contributed by atoms with Crippen molar-refractivity contribution in [3.8, 4) is 0 Å². The van der Waals surface area contributed by atoms with E-state index in [4.69, 9.17) is 93.1 Å². The predicted molar refractivity (Wildman–Crippen MR) is 350 cm³/mol. The number of ether oxygens (including phenoxy) is 15. The zero-order valence-electron chi connectivity index (χ0n) is 59.6. The minimum atomic E-state index is -2.16. The predicted octanol–water partition coefficient (Wildman–Crippen LogP) is -17.8. The Morgan fingerprint density at radius 1 is 0.491 bits per heavy atom. The van der Waals surface area contributed by atoms with Gasteiger partial charge in [0.2, 0.25) is 18.1 Å². The zero-order chi connectivity index (χ0) is 82.6. The number of rotatable bonds is 25. The molecule has 0 aromatic heterocycles. The number of aliphatic carboxylic acids is 1. The van der Waals surface area contributed by atoms with E-state index < -0.39 is 263 Å². The second-order valence-electron chi connectivity index (χ2n) is 22.2. The summed E-state index contributed by atoms with van der Waals surface area (Å²) in [5, 5.41) is 119. The van der Waals surface area contributed by atoms with Gasteiger partial charge in [0.25, 0.3) is 11.8 Å². The molecule has 24 atom stereocenters. The number of primary amides is 1. The Morgan fingerprint density at radius 2 is 0.880 bits per heavy atom. The van der Waals surface area contributed by atoms with E-state index >= 15 is 0 Å². The number of carboxylic acid groups (broad SMARTS) is 1. The van der Waals surface area contributed by atoms with Gasteiger partial charge in [0.1, 0.15) is 117 Å². The summed E-state index contributed by atoms with van der Waals surface area (Å²) in [6.45, 7) is 9.10. The smallest absolute Gasteiger partial charge is 0.547 e. The largest absolute Gasteiger partial charge is 1.00 e. The number of fused-ring (bicyclic) bond motifs is 1. The fourth-order valence-corrected chi connectivity index (χ4v) is 9.63. The third-order valence-corrected chi connectivity index (χ3v) is 14.0. The first-order valence-electron chi connectivity index (χ1n) is 31.3. The first-order chi connectivity index (χ1) is 49.9. The third-order valence-electron chi connectivity index (χ3n) is 14.0. The van der Waals surface area contributed by atoms with Crippen molar-refractivity contribution in [1.29, 1.82) is 0 Å². The number of nitrogens with one attached hydrogen (secondary N) is 2. The van der Waals surface area contributed by atoms with Crippen LogP contribution in [0.2, 0.25) is 0 Å². The maximum Gasteiger partial charge on any atom is 1.00 e. The number of aliphatic hydroxyl groups excluding tert-OH is 11. The first-order valence-corrected chi connectivity index (χ1v) is 43.8. The van der Waals surface area contributed by atoms with Crippen LogP contribution in [0.15, 0.2) is 0 Å². The monoisotopic (exact) mass is 1920 g/mol. The van der Waals surface area contributed by atoms with Gasteiger partial charge in [0, 0.05) is 55.4 Å². The van der Waals surface area contributed by atoms with E-state index in [-0.39, 0.29) is 55.3 Å². The molecule has 0 radical (unpaired) electrons. The second-order valence-corrected chi connectivity index (χ2v) is 38.4. The van der Waals surface area contributed by atoms with Gasteiger partial charge in [-0.3, -0.25) is 62.3 Å². The van der Waals surface area contributed by atoms with Crippen LogP contribution in [0.5, 0.6) is 0 Å². The van der Waals surface area contributed by atoms with Crippen LogP contribution in [0, 0.1) is 0 Å². The number of halogens is 3. The molecule has 616 valence electrons. The number of amides is 3. The van der Waals surface area contributed by atoms with Crippen LogP contribution in [-0.2, 0) is 143 Å². The fourth-order valence-electron chi connectivity index (χ4n) is 9.63. The summed E-state index contributed by atoms with van der Waals surface area (Å²) < 4.78 is 75.8. The van der Waals surface area contributed by atoms with Gasteiger partial charge in [-0.2, -0.15) is 0 Å². The van der Waals surface area contributed by atoms with Crippen LogP contribution in [0.3, 0.4) is 0 Å². The van der Waals surface area contributed by atoms with Crippen LogP contribution in [-0.4, -0.2) is 351 Å². The Kier molecular flexibility index (Phi) is 51.9. The number of esters is 11.